The molecular formula is C14H13BrClNO4. The number of benzene rings is 1. The van der Waals surface area contributed by atoms with Crippen molar-refractivity contribution in [1.82, 2.24) is 5.32 Å². The van der Waals surface area contributed by atoms with Crippen molar-refractivity contribution in [2.45, 2.75) is 25.5 Å². The van der Waals surface area contributed by atoms with Crippen molar-refractivity contribution in [2.24, 2.45) is 0 Å². The van der Waals surface area contributed by atoms with E-state index in [2.05, 4.69) is 27.2 Å². The van der Waals surface area contributed by atoms with Crippen molar-refractivity contribution in [2.75, 3.05) is 0 Å². The number of halogens is 2. The zero-order valence-electron chi connectivity index (χ0n) is 11.1. The topological polar surface area (TPSA) is 75.6 Å². The van der Waals surface area contributed by atoms with Crippen molar-refractivity contribution < 1.29 is 19.4 Å². The van der Waals surface area contributed by atoms with Gasteiger partial charge in [-0.1, -0.05) is 11.6 Å². The number of amides is 1. The van der Waals surface area contributed by atoms with Gasteiger partial charge in [0.05, 0.1) is 4.47 Å². The molecule has 1 aromatic carbocycles. The van der Waals surface area contributed by atoms with E-state index in [1.54, 1.807) is 18.2 Å². The summed E-state index contributed by atoms with van der Waals surface area (Å²) >= 11 is 9.07. The highest BCUT2D eigenvalue weighted by Gasteiger charge is 2.23. The minimum Gasteiger partial charge on any atom is -0.480 e. The summed E-state index contributed by atoms with van der Waals surface area (Å²) in [7, 11) is 0. The summed E-state index contributed by atoms with van der Waals surface area (Å²) in [5.74, 6) is 0.859. The van der Waals surface area contributed by atoms with Gasteiger partial charge in [0.2, 0.25) is 0 Å². The van der Waals surface area contributed by atoms with Crippen molar-refractivity contribution in [1.29, 1.82) is 0 Å². The molecule has 0 fully saturated rings. The molecule has 1 aromatic rings. The summed E-state index contributed by atoms with van der Waals surface area (Å²) in [4.78, 5) is 22.8. The molecule has 0 aliphatic rings. The van der Waals surface area contributed by atoms with Gasteiger partial charge >= 0.3 is 5.97 Å². The quantitative estimate of drug-likeness (QED) is 0.750. The van der Waals surface area contributed by atoms with Gasteiger partial charge in [0.15, 0.2) is 6.10 Å². The Morgan fingerprint density at radius 2 is 2.24 bits per heavy atom. The van der Waals surface area contributed by atoms with E-state index in [1.165, 1.54) is 6.92 Å². The molecule has 0 saturated carbocycles. The average Bonchev–Trinajstić information content (AvgIpc) is 2.41. The second-order valence-corrected chi connectivity index (χ2v) is 5.43. The number of carbonyl (C=O) groups excluding carboxylic acids is 1. The molecule has 7 heteroatoms. The fourth-order valence-corrected chi connectivity index (χ4v) is 2.20. The van der Waals surface area contributed by atoms with Crippen LogP contribution in [-0.4, -0.2) is 29.1 Å². The first-order valence-corrected chi connectivity index (χ1v) is 7.10. The van der Waals surface area contributed by atoms with Gasteiger partial charge in [-0.2, -0.15) is 0 Å². The highest BCUT2D eigenvalue weighted by Crippen LogP contribution is 2.28. The number of ether oxygens (including phenoxy) is 1. The van der Waals surface area contributed by atoms with Crippen molar-refractivity contribution >= 4 is 39.4 Å². The Morgan fingerprint density at radius 1 is 1.57 bits per heavy atom. The number of carbonyl (C=O) groups is 2. The number of terminal acetylenes is 1. The van der Waals surface area contributed by atoms with Crippen LogP contribution in [0.3, 0.4) is 0 Å². The maximum Gasteiger partial charge on any atom is 0.327 e. The van der Waals surface area contributed by atoms with Crippen LogP contribution >= 0.6 is 27.5 Å². The van der Waals surface area contributed by atoms with Crippen LogP contribution in [0.25, 0.3) is 0 Å². The molecule has 21 heavy (non-hydrogen) atoms. The molecule has 1 amide bonds. The third kappa shape index (κ3) is 5.29. The third-order valence-electron chi connectivity index (χ3n) is 2.50. The van der Waals surface area contributed by atoms with E-state index in [0.29, 0.717) is 15.2 Å². The molecular weight excluding hydrogens is 362 g/mol. The molecule has 0 radical (unpaired) electrons. The molecule has 0 heterocycles. The first-order valence-electron chi connectivity index (χ1n) is 5.93. The van der Waals surface area contributed by atoms with E-state index >= 15 is 0 Å². The number of rotatable bonds is 6. The molecule has 2 N–H and O–H groups in total. The molecule has 2 atom stereocenters. The summed E-state index contributed by atoms with van der Waals surface area (Å²) in [6.07, 6.45) is 4.08. The van der Waals surface area contributed by atoms with Crippen LogP contribution in [0, 0.1) is 12.3 Å². The molecule has 0 aliphatic carbocycles. The van der Waals surface area contributed by atoms with Crippen LogP contribution in [-0.2, 0) is 9.59 Å². The molecule has 5 nitrogen and oxygen atoms in total. The molecule has 112 valence electrons. The first-order chi connectivity index (χ1) is 9.85. The largest absolute Gasteiger partial charge is 0.480 e. The predicted molar refractivity (Wildman–Crippen MR) is 82.3 cm³/mol. The fraction of sp³-hybridized carbons (Fsp3) is 0.286. The van der Waals surface area contributed by atoms with Crippen molar-refractivity contribution in [3.05, 3.63) is 27.7 Å². The maximum absolute atomic E-state index is 11.9. The zero-order valence-corrected chi connectivity index (χ0v) is 13.4. The van der Waals surface area contributed by atoms with Crippen LogP contribution < -0.4 is 10.1 Å². The lowest BCUT2D eigenvalue weighted by atomic mass is 10.2. The van der Waals surface area contributed by atoms with Gasteiger partial charge < -0.3 is 15.2 Å². The summed E-state index contributed by atoms with van der Waals surface area (Å²) in [6.45, 7) is 1.51. The van der Waals surface area contributed by atoms with E-state index < -0.39 is 24.0 Å². The average molecular weight is 375 g/mol. The SMILES string of the molecule is C#CCC(NC(=O)C(C)Oc1ccc(Cl)cc1Br)C(=O)O. The molecule has 0 spiro atoms. The van der Waals surface area contributed by atoms with Crippen molar-refractivity contribution in [3.8, 4) is 18.1 Å². The third-order valence-corrected chi connectivity index (χ3v) is 3.36. The lowest BCUT2D eigenvalue weighted by Crippen LogP contribution is -2.46. The second kappa shape index (κ2) is 7.91. The highest BCUT2D eigenvalue weighted by molar-refractivity contribution is 9.10. The molecule has 0 aliphatic heterocycles. The maximum atomic E-state index is 11.9. The highest BCUT2D eigenvalue weighted by atomic mass is 79.9. The summed E-state index contributed by atoms with van der Waals surface area (Å²) in [5.41, 5.74) is 0. The Balaban J connectivity index is 2.70. The molecule has 2 unspecified atom stereocenters. The second-order valence-electron chi connectivity index (χ2n) is 4.14. The van der Waals surface area contributed by atoms with E-state index in [0.717, 1.165) is 0 Å². The molecule has 0 bridgehead atoms. The Labute approximate surface area is 135 Å². The van der Waals surface area contributed by atoms with E-state index in [-0.39, 0.29) is 6.42 Å². The number of carboxylic acid groups (broad SMARTS) is 1. The van der Waals surface area contributed by atoms with Crippen molar-refractivity contribution in [3.63, 3.8) is 0 Å². The van der Waals surface area contributed by atoms with Crippen LogP contribution in [0.4, 0.5) is 0 Å². The van der Waals surface area contributed by atoms with E-state index in [9.17, 15) is 9.59 Å². The predicted octanol–water partition coefficient (Wildman–Crippen LogP) is 2.46. The van der Waals surface area contributed by atoms with Gasteiger partial charge in [0.25, 0.3) is 5.91 Å². The summed E-state index contributed by atoms with van der Waals surface area (Å²) in [6, 6.07) is 3.71. The molecule has 1 rings (SSSR count). The first kappa shape index (κ1) is 17.3. The minimum atomic E-state index is -1.19. The van der Waals surface area contributed by atoms with E-state index in [4.69, 9.17) is 27.9 Å². The van der Waals surface area contributed by atoms with Gasteiger partial charge in [-0.05, 0) is 41.1 Å². The Bertz CT molecular complexity index is 585. The summed E-state index contributed by atoms with van der Waals surface area (Å²) < 4.78 is 6.05. The van der Waals surface area contributed by atoms with Gasteiger partial charge in [-0.3, -0.25) is 4.79 Å². The lowest BCUT2D eigenvalue weighted by molar-refractivity contribution is -0.142. The van der Waals surface area contributed by atoms with Crippen LogP contribution in [0.5, 0.6) is 5.75 Å². The van der Waals surface area contributed by atoms with Gasteiger partial charge in [0, 0.05) is 11.4 Å². The van der Waals surface area contributed by atoms with Gasteiger partial charge in [-0.15, -0.1) is 12.3 Å². The Morgan fingerprint density at radius 3 is 2.76 bits per heavy atom. The number of nitrogens with one attached hydrogen (secondary N) is 1. The van der Waals surface area contributed by atoms with Crippen LogP contribution in [0.2, 0.25) is 5.02 Å². The number of carboxylic acids is 1. The molecule has 0 aromatic heterocycles. The van der Waals surface area contributed by atoms with Gasteiger partial charge in [0.1, 0.15) is 11.8 Å². The fourth-order valence-electron chi connectivity index (χ4n) is 1.42. The zero-order chi connectivity index (χ0) is 16.0. The smallest absolute Gasteiger partial charge is 0.327 e. The standard InChI is InChI=1S/C14H13BrClNO4/c1-3-4-11(14(19)20)17-13(18)8(2)21-12-6-5-9(16)7-10(12)15/h1,5-8,11H,4H2,2H3,(H,17,18)(H,19,20). The lowest BCUT2D eigenvalue weighted by Gasteiger charge is -2.18. The van der Waals surface area contributed by atoms with Crippen LogP contribution in [0.1, 0.15) is 13.3 Å². The molecule has 0 saturated heterocycles. The number of hydrogen-bond donors (Lipinski definition) is 2. The normalized spacial score (nSPS) is 12.9. The Kier molecular flexibility index (Phi) is 6.53. The monoisotopic (exact) mass is 373 g/mol. The van der Waals surface area contributed by atoms with E-state index in [1.807, 2.05) is 0 Å². The van der Waals surface area contributed by atoms with Crippen LogP contribution in [0.15, 0.2) is 22.7 Å². The number of aliphatic carboxylic acids is 1. The van der Waals surface area contributed by atoms with Gasteiger partial charge in [-0.25, -0.2) is 4.79 Å². The summed E-state index contributed by atoms with van der Waals surface area (Å²) in [5, 5.41) is 11.8. The number of hydrogen-bond acceptors (Lipinski definition) is 3. The Hall–Kier alpha value is -1.71. The minimum absolute atomic E-state index is 0.0988.